The Morgan fingerprint density at radius 1 is 0.800 bits per heavy atom. The van der Waals surface area contributed by atoms with E-state index in [-0.39, 0.29) is 5.78 Å². The van der Waals surface area contributed by atoms with Crippen LogP contribution in [0.15, 0.2) is 97.1 Å². The number of carbonyl (C=O) groups is 1. The molecule has 0 spiro atoms. The Hall–Kier alpha value is -3.84. The smallest absolute Gasteiger partial charge is 0.206 e. The minimum Gasteiger partial charge on any atom is -0.497 e. The lowest BCUT2D eigenvalue weighted by Gasteiger charge is -2.22. The highest BCUT2D eigenvalue weighted by Gasteiger charge is 2.25. The summed E-state index contributed by atoms with van der Waals surface area (Å²) in [5.41, 5.74) is 3.92. The van der Waals surface area contributed by atoms with Crippen molar-refractivity contribution in [1.29, 1.82) is 0 Å². The summed E-state index contributed by atoms with van der Waals surface area (Å²) in [4.78, 5) is 21.5. The number of nitrogens with zero attached hydrogens (tertiary/aromatic N) is 2. The van der Waals surface area contributed by atoms with Gasteiger partial charge >= 0.3 is 0 Å². The largest absolute Gasteiger partial charge is 0.497 e. The molecule has 0 bridgehead atoms. The summed E-state index contributed by atoms with van der Waals surface area (Å²) < 4.78 is 10.7. The molecule has 0 unspecified atom stereocenters. The number of ketones is 1. The molecule has 5 rings (SSSR count). The van der Waals surface area contributed by atoms with Gasteiger partial charge in [0.05, 0.1) is 24.9 Å². The Morgan fingerprint density at radius 2 is 1.40 bits per heavy atom. The van der Waals surface area contributed by atoms with Crippen molar-refractivity contribution < 1.29 is 14.3 Å². The molecule has 0 aliphatic heterocycles. The fourth-order valence-electron chi connectivity index (χ4n) is 4.29. The van der Waals surface area contributed by atoms with Crippen molar-refractivity contribution in [2.45, 2.75) is 13.1 Å². The Balaban J connectivity index is 1.60. The molecular weight excluding hydrogens is 563 g/mol. The number of ether oxygens (including phenoxy) is 2. The van der Waals surface area contributed by atoms with Gasteiger partial charge in [0.2, 0.25) is 5.78 Å². The normalized spacial score (nSPS) is 10.8. The molecule has 1 heterocycles. The Morgan fingerprint density at radius 3 is 1.95 bits per heavy atom. The molecule has 40 heavy (non-hydrogen) atoms. The van der Waals surface area contributed by atoms with Crippen LogP contribution in [0.25, 0.3) is 11.3 Å². The van der Waals surface area contributed by atoms with Crippen LogP contribution in [0.5, 0.6) is 11.5 Å². The number of thiazole rings is 1. The fraction of sp³-hybridized carbons (Fsp3) is 0.125. The number of hydrogen-bond donors (Lipinski definition) is 0. The quantitative estimate of drug-likeness (QED) is 0.153. The molecule has 0 aliphatic carbocycles. The summed E-state index contributed by atoms with van der Waals surface area (Å²) in [5.74, 6) is 1.39. The van der Waals surface area contributed by atoms with Crippen molar-refractivity contribution in [2.75, 3.05) is 19.1 Å². The van der Waals surface area contributed by atoms with E-state index in [1.807, 2.05) is 66.7 Å². The average Bonchev–Trinajstić information content (AvgIpc) is 3.43. The summed E-state index contributed by atoms with van der Waals surface area (Å²) in [6.07, 6.45) is 0. The molecule has 1 aromatic heterocycles. The third-order valence-corrected chi connectivity index (χ3v) is 8.05. The number of aromatic nitrogens is 1. The first-order chi connectivity index (χ1) is 19.4. The highest BCUT2D eigenvalue weighted by Crippen LogP contribution is 2.38. The highest BCUT2D eigenvalue weighted by molar-refractivity contribution is 7.18. The van der Waals surface area contributed by atoms with Gasteiger partial charge in [0.15, 0.2) is 5.13 Å². The summed E-state index contributed by atoms with van der Waals surface area (Å²) in [6, 6.07) is 30.3. The van der Waals surface area contributed by atoms with Gasteiger partial charge in [0.1, 0.15) is 16.4 Å². The third-order valence-electron chi connectivity index (χ3n) is 6.37. The van der Waals surface area contributed by atoms with E-state index in [4.69, 9.17) is 37.7 Å². The number of carbonyl (C=O) groups excluding carboxylic acids is 1. The van der Waals surface area contributed by atoms with Crippen molar-refractivity contribution in [1.82, 2.24) is 4.98 Å². The zero-order valence-corrected chi connectivity index (χ0v) is 24.3. The second-order valence-corrected chi connectivity index (χ2v) is 10.9. The number of hydrogen-bond acceptors (Lipinski definition) is 6. The van der Waals surface area contributed by atoms with Crippen molar-refractivity contribution in [3.63, 3.8) is 0 Å². The summed E-state index contributed by atoms with van der Waals surface area (Å²) >= 11 is 14.1. The SMILES string of the molecule is COc1ccc(CN(Cc2ccc(OC)cc2)c2nc(-c3cccc(Cl)c3)c(C(=O)c3ccccc3Cl)s2)cc1. The predicted octanol–water partition coefficient (Wildman–Crippen LogP) is 8.57. The lowest BCUT2D eigenvalue weighted by atomic mass is 10.1. The van der Waals surface area contributed by atoms with Crippen LogP contribution in [-0.4, -0.2) is 25.0 Å². The van der Waals surface area contributed by atoms with Crippen molar-refractivity contribution >= 4 is 45.5 Å². The molecule has 0 saturated heterocycles. The summed E-state index contributed by atoms with van der Waals surface area (Å²) in [6.45, 7) is 1.14. The molecule has 202 valence electrons. The van der Waals surface area contributed by atoms with E-state index in [0.29, 0.717) is 44.4 Å². The lowest BCUT2D eigenvalue weighted by molar-refractivity contribution is 0.104. The summed E-state index contributed by atoms with van der Waals surface area (Å²) in [7, 11) is 3.30. The van der Waals surface area contributed by atoms with Crippen LogP contribution in [0, 0.1) is 0 Å². The molecule has 8 heteroatoms. The van der Waals surface area contributed by atoms with Gasteiger partial charge in [-0.2, -0.15) is 0 Å². The molecule has 0 amide bonds. The number of methoxy groups -OCH3 is 2. The fourth-order valence-corrected chi connectivity index (χ4v) is 5.74. The maximum absolute atomic E-state index is 13.8. The van der Waals surface area contributed by atoms with Crippen LogP contribution in [0.3, 0.4) is 0 Å². The van der Waals surface area contributed by atoms with Gasteiger partial charge in [0.25, 0.3) is 0 Å². The van der Waals surface area contributed by atoms with Crippen LogP contribution in [-0.2, 0) is 13.1 Å². The Kier molecular flexibility index (Phi) is 8.70. The molecule has 0 fully saturated rings. The van der Waals surface area contributed by atoms with Crippen LogP contribution in [0.4, 0.5) is 5.13 Å². The molecular formula is C32H26Cl2N2O3S. The molecule has 4 aromatic carbocycles. The maximum Gasteiger partial charge on any atom is 0.206 e. The Labute approximate surface area is 247 Å². The van der Waals surface area contributed by atoms with Gasteiger partial charge in [0, 0.05) is 29.2 Å². The minimum absolute atomic E-state index is 0.182. The van der Waals surface area contributed by atoms with Gasteiger partial charge in [-0.15, -0.1) is 0 Å². The molecule has 5 aromatic rings. The highest BCUT2D eigenvalue weighted by atomic mass is 35.5. The number of benzene rings is 4. The van der Waals surface area contributed by atoms with Crippen LogP contribution in [0.2, 0.25) is 10.0 Å². The van der Waals surface area contributed by atoms with E-state index in [1.54, 1.807) is 44.6 Å². The van der Waals surface area contributed by atoms with Gasteiger partial charge in [-0.05, 0) is 59.7 Å². The minimum atomic E-state index is -0.182. The molecule has 0 N–H and O–H groups in total. The number of anilines is 1. The van der Waals surface area contributed by atoms with Crippen molar-refractivity contribution in [3.8, 4) is 22.8 Å². The van der Waals surface area contributed by atoms with E-state index in [0.717, 1.165) is 28.2 Å². The van der Waals surface area contributed by atoms with E-state index in [9.17, 15) is 4.79 Å². The lowest BCUT2D eigenvalue weighted by Crippen LogP contribution is -2.22. The van der Waals surface area contributed by atoms with Crippen LogP contribution < -0.4 is 14.4 Å². The van der Waals surface area contributed by atoms with Gasteiger partial charge < -0.3 is 14.4 Å². The predicted molar refractivity (Wildman–Crippen MR) is 163 cm³/mol. The Bertz CT molecular complexity index is 1570. The first-order valence-corrected chi connectivity index (χ1v) is 14.1. The molecule has 0 atom stereocenters. The first kappa shape index (κ1) is 27.7. The number of halogens is 2. The van der Waals surface area contributed by atoms with Crippen LogP contribution in [0.1, 0.15) is 26.4 Å². The number of rotatable bonds is 10. The van der Waals surface area contributed by atoms with Gasteiger partial charge in [-0.25, -0.2) is 4.98 Å². The topological polar surface area (TPSA) is 51.7 Å². The van der Waals surface area contributed by atoms with Gasteiger partial charge in [-0.1, -0.05) is 83.1 Å². The van der Waals surface area contributed by atoms with E-state index >= 15 is 0 Å². The van der Waals surface area contributed by atoms with Gasteiger partial charge in [-0.3, -0.25) is 4.79 Å². The van der Waals surface area contributed by atoms with Crippen molar-refractivity contribution in [2.24, 2.45) is 0 Å². The second kappa shape index (κ2) is 12.6. The maximum atomic E-state index is 13.8. The molecule has 0 aliphatic rings. The third kappa shape index (κ3) is 6.31. The molecule has 0 saturated carbocycles. The monoisotopic (exact) mass is 588 g/mol. The van der Waals surface area contributed by atoms with E-state index < -0.39 is 0 Å². The zero-order valence-electron chi connectivity index (χ0n) is 21.9. The van der Waals surface area contributed by atoms with E-state index in [2.05, 4.69) is 4.90 Å². The van der Waals surface area contributed by atoms with E-state index in [1.165, 1.54) is 11.3 Å². The van der Waals surface area contributed by atoms with Crippen molar-refractivity contribution in [3.05, 3.63) is 129 Å². The molecule has 0 radical (unpaired) electrons. The second-order valence-electron chi connectivity index (χ2n) is 9.05. The summed E-state index contributed by atoms with van der Waals surface area (Å²) in [5, 5.41) is 1.67. The first-order valence-electron chi connectivity index (χ1n) is 12.5. The van der Waals surface area contributed by atoms with Crippen LogP contribution >= 0.6 is 34.5 Å². The standard InChI is InChI=1S/C32H26Cl2N2O3S/c1-38-25-14-10-21(11-15-25)19-36(20-22-12-16-26(39-2)17-13-22)32-35-29(23-6-5-7-24(33)18-23)31(40-32)30(37)27-8-3-4-9-28(27)34/h3-18H,19-20H2,1-2H3. The zero-order chi connectivity index (χ0) is 28.1. The average molecular weight is 590 g/mol. The molecule has 5 nitrogen and oxygen atoms in total.